The smallest absolute Gasteiger partial charge is 0.265 e. The maximum Gasteiger partial charge on any atom is 0.265 e. The molecule has 2 rings (SSSR count). The van der Waals surface area contributed by atoms with Crippen molar-refractivity contribution in [1.82, 2.24) is 0 Å². The number of ether oxygens (including phenoxy) is 1. The van der Waals surface area contributed by atoms with Crippen LogP contribution in [0.4, 0.5) is 5.69 Å². The topological polar surface area (TPSA) is 62.1 Å². The number of benzene rings is 2. The van der Waals surface area contributed by atoms with Crippen LogP contribution >= 0.6 is 34.8 Å². The van der Waals surface area contributed by atoms with Crippen molar-refractivity contribution < 1.29 is 9.53 Å². The molecule has 1 amide bonds. The molecule has 0 heterocycles. The summed E-state index contributed by atoms with van der Waals surface area (Å²) in [5, 5.41) is 12.2. The minimum absolute atomic E-state index is 0.237. The van der Waals surface area contributed by atoms with Crippen LogP contribution in [-0.4, -0.2) is 12.0 Å². The molecule has 1 atom stereocenters. The van der Waals surface area contributed by atoms with Crippen LogP contribution in [-0.2, 0) is 4.79 Å². The Morgan fingerprint density at radius 2 is 1.74 bits per heavy atom. The van der Waals surface area contributed by atoms with E-state index in [9.17, 15) is 4.79 Å². The number of halogens is 3. The van der Waals surface area contributed by atoms with Gasteiger partial charge in [-0.25, -0.2) is 0 Å². The summed E-state index contributed by atoms with van der Waals surface area (Å²) < 4.78 is 5.52. The number of nitrogens with zero attached hydrogens (tertiary/aromatic N) is 1. The van der Waals surface area contributed by atoms with Crippen molar-refractivity contribution in [2.45, 2.75) is 13.0 Å². The normalized spacial score (nSPS) is 11.4. The zero-order valence-electron chi connectivity index (χ0n) is 11.9. The molecular weight excluding hydrogens is 359 g/mol. The summed E-state index contributed by atoms with van der Waals surface area (Å²) in [4.78, 5) is 12.2. The highest BCUT2D eigenvalue weighted by atomic mass is 35.5. The fraction of sp³-hybridized carbons (Fsp3) is 0.125. The maximum absolute atomic E-state index is 12.2. The number of carbonyl (C=O) groups excluding carboxylic acids is 1. The lowest BCUT2D eigenvalue weighted by atomic mass is 10.2. The molecule has 0 aliphatic carbocycles. The predicted octanol–water partition coefficient (Wildman–Crippen LogP) is 4.92. The molecule has 1 N–H and O–H groups in total. The average molecular weight is 370 g/mol. The Bertz CT molecular complexity index is 747. The van der Waals surface area contributed by atoms with Gasteiger partial charge in [-0.2, -0.15) is 5.26 Å². The molecular formula is C16H11Cl3N2O2. The summed E-state index contributed by atoms with van der Waals surface area (Å²) in [6.07, 6.45) is -0.786. The monoisotopic (exact) mass is 368 g/mol. The third-order valence-electron chi connectivity index (χ3n) is 2.92. The van der Waals surface area contributed by atoms with Gasteiger partial charge in [0.25, 0.3) is 5.91 Å². The van der Waals surface area contributed by atoms with E-state index in [1.165, 1.54) is 12.1 Å². The van der Waals surface area contributed by atoms with Gasteiger partial charge in [0.05, 0.1) is 27.4 Å². The summed E-state index contributed by atoms with van der Waals surface area (Å²) in [5.41, 5.74) is 0.784. The van der Waals surface area contributed by atoms with E-state index in [0.717, 1.165) is 0 Å². The molecule has 0 bridgehead atoms. The second-order valence-corrected chi connectivity index (χ2v) is 5.88. The standard InChI is InChI=1S/C16H11Cl3N2O2/c1-9(23-12-4-2-10(8-20)3-5-12)16(22)21-15-13(18)6-11(17)7-14(15)19/h2-7,9H,1H3,(H,21,22)/t9-/m1/s1. The van der Waals surface area contributed by atoms with Gasteiger partial charge < -0.3 is 10.1 Å². The molecule has 0 unspecified atom stereocenters. The van der Waals surface area contributed by atoms with E-state index < -0.39 is 12.0 Å². The van der Waals surface area contributed by atoms with E-state index in [-0.39, 0.29) is 15.7 Å². The van der Waals surface area contributed by atoms with Crippen molar-refractivity contribution in [1.29, 1.82) is 5.26 Å². The Morgan fingerprint density at radius 1 is 1.17 bits per heavy atom. The lowest BCUT2D eigenvalue weighted by Gasteiger charge is -2.16. The minimum atomic E-state index is -0.786. The number of nitrogens with one attached hydrogen (secondary N) is 1. The number of anilines is 1. The highest BCUT2D eigenvalue weighted by Crippen LogP contribution is 2.33. The molecule has 23 heavy (non-hydrogen) atoms. The van der Waals surface area contributed by atoms with Crippen molar-refractivity contribution in [2.24, 2.45) is 0 Å². The molecule has 118 valence electrons. The molecule has 0 saturated heterocycles. The molecule has 0 aliphatic heterocycles. The van der Waals surface area contributed by atoms with Crippen LogP contribution in [0.3, 0.4) is 0 Å². The van der Waals surface area contributed by atoms with Gasteiger partial charge >= 0.3 is 0 Å². The number of hydrogen-bond donors (Lipinski definition) is 1. The van der Waals surface area contributed by atoms with E-state index in [4.69, 9.17) is 44.8 Å². The van der Waals surface area contributed by atoms with Gasteiger partial charge in [0.2, 0.25) is 0 Å². The van der Waals surface area contributed by atoms with Gasteiger partial charge in [-0.05, 0) is 43.3 Å². The van der Waals surface area contributed by atoms with Crippen LogP contribution in [0.25, 0.3) is 0 Å². The number of hydrogen-bond acceptors (Lipinski definition) is 3. The van der Waals surface area contributed by atoms with E-state index >= 15 is 0 Å². The largest absolute Gasteiger partial charge is 0.481 e. The Hall–Kier alpha value is -1.93. The number of amides is 1. The summed E-state index contributed by atoms with van der Waals surface area (Å²) in [6.45, 7) is 1.59. The second-order valence-electron chi connectivity index (χ2n) is 4.63. The summed E-state index contributed by atoms with van der Waals surface area (Å²) in [7, 11) is 0. The first-order chi connectivity index (χ1) is 10.9. The van der Waals surface area contributed by atoms with Crippen LogP contribution in [0, 0.1) is 11.3 Å². The fourth-order valence-electron chi connectivity index (χ4n) is 1.75. The average Bonchev–Trinajstić information content (AvgIpc) is 2.51. The summed E-state index contributed by atoms with van der Waals surface area (Å²) >= 11 is 17.9. The fourth-order valence-corrected chi connectivity index (χ4v) is 2.66. The van der Waals surface area contributed by atoms with Crippen LogP contribution < -0.4 is 10.1 Å². The molecule has 4 nitrogen and oxygen atoms in total. The van der Waals surface area contributed by atoms with Gasteiger partial charge in [-0.1, -0.05) is 34.8 Å². The number of rotatable bonds is 4. The van der Waals surface area contributed by atoms with Crippen molar-refractivity contribution in [3.8, 4) is 11.8 Å². The molecule has 0 radical (unpaired) electrons. The SMILES string of the molecule is C[C@@H](Oc1ccc(C#N)cc1)C(=O)Nc1c(Cl)cc(Cl)cc1Cl. The van der Waals surface area contributed by atoms with Crippen molar-refractivity contribution in [3.63, 3.8) is 0 Å². The summed E-state index contributed by atoms with van der Waals surface area (Å²) in [5.74, 6) is 0.0560. The molecule has 2 aromatic carbocycles. The zero-order valence-corrected chi connectivity index (χ0v) is 14.2. The lowest BCUT2D eigenvalue weighted by molar-refractivity contribution is -0.122. The first-order valence-corrected chi connectivity index (χ1v) is 7.66. The highest BCUT2D eigenvalue weighted by Gasteiger charge is 2.18. The minimum Gasteiger partial charge on any atom is -0.481 e. The van der Waals surface area contributed by atoms with Crippen LogP contribution in [0.2, 0.25) is 15.1 Å². The van der Waals surface area contributed by atoms with Crippen molar-refractivity contribution in [2.75, 3.05) is 5.32 Å². The number of nitriles is 1. The molecule has 2 aromatic rings. The van der Waals surface area contributed by atoms with Crippen LogP contribution in [0.5, 0.6) is 5.75 Å². The van der Waals surface area contributed by atoms with Crippen LogP contribution in [0.15, 0.2) is 36.4 Å². The van der Waals surface area contributed by atoms with Gasteiger partial charge in [0, 0.05) is 5.02 Å². The predicted molar refractivity (Wildman–Crippen MR) is 91.3 cm³/mol. The second kappa shape index (κ2) is 7.56. The Kier molecular flexibility index (Phi) is 5.73. The molecule has 0 spiro atoms. The van der Waals surface area contributed by atoms with E-state index in [1.807, 2.05) is 6.07 Å². The van der Waals surface area contributed by atoms with E-state index in [1.54, 1.807) is 31.2 Å². The Morgan fingerprint density at radius 3 is 2.26 bits per heavy atom. The Labute approximate surface area is 148 Å². The first kappa shape index (κ1) is 17.4. The highest BCUT2D eigenvalue weighted by molar-refractivity contribution is 6.42. The third-order valence-corrected chi connectivity index (χ3v) is 3.73. The molecule has 0 fully saturated rings. The van der Waals surface area contributed by atoms with Gasteiger partial charge in [-0.3, -0.25) is 4.79 Å². The lowest BCUT2D eigenvalue weighted by Crippen LogP contribution is -2.30. The first-order valence-electron chi connectivity index (χ1n) is 6.53. The molecule has 7 heteroatoms. The molecule has 0 aromatic heterocycles. The van der Waals surface area contributed by atoms with Gasteiger partial charge in [0.15, 0.2) is 6.10 Å². The van der Waals surface area contributed by atoms with Crippen LogP contribution in [0.1, 0.15) is 12.5 Å². The van der Waals surface area contributed by atoms with Crippen molar-refractivity contribution in [3.05, 3.63) is 57.0 Å². The quantitative estimate of drug-likeness (QED) is 0.831. The maximum atomic E-state index is 12.2. The third kappa shape index (κ3) is 4.52. The van der Waals surface area contributed by atoms with Gasteiger partial charge in [-0.15, -0.1) is 0 Å². The molecule has 0 aliphatic rings. The Balaban J connectivity index is 2.07. The molecule has 0 saturated carbocycles. The van der Waals surface area contributed by atoms with Crippen molar-refractivity contribution >= 4 is 46.4 Å². The number of carbonyl (C=O) groups is 1. The summed E-state index contributed by atoms with van der Waals surface area (Å²) in [6, 6.07) is 11.4. The van der Waals surface area contributed by atoms with E-state index in [2.05, 4.69) is 5.32 Å². The van der Waals surface area contributed by atoms with Gasteiger partial charge in [0.1, 0.15) is 5.75 Å². The van der Waals surface area contributed by atoms with E-state index in [0.29, 0.717) is 16.3 Å². The zero-order chi connectivity index (χ0) is 17.0.